The minimum Gasteiger partial charge on any atom is -0.480 e. The third-order valence-electron chi connectivity index (χ3n) is 3.40. The van der Waals surface area contributed by atoms with Crippen LogP contribution in [-0.2, 0) is 10.3 Å². The summed E-state index contributed by atoms with van der Waals surface area (Å²) in [6, 6.07) is 9.60. The molecule has 1 aromatic carbocycles. The van der Waals surface area contributed by atoms with Gasteiger partial charge in [0.25, 0.3) is 0 Å². The zero-order valence-corrected chi connectivity index (χ0v) is 11.4. The van der Waals surface area contributed by atoms with Crippen LogP contribution in [0.4, 0.5) is 0 Å². The number of benzene rings is 1. The SMILES string of the molecule is CCCC(CC)NC(C)(C(=O)O)c1ccccc1. The molecule has 2 atom stereocenters. The number of rotatable bonds is 7. The second-order valence-corrected chi connectivity index (χ2v) is 4.83. The van der Waals surface area contributed by atoms with Crippen molar-refractivity contribution in [2.24, 2.45) is 0 Å². The highest BCUT2D eigenvalue weighted by Gasteiger charge is 2.36. The molecule has 0 heterocycles. The third kappa shape index (κ3) is 3.33. The van der Waals surface area contributed by atoms with Crippen LogP contribution < -0.4 is 5.32 Å². The Labute approximate surface area is 109 Å². The van der Waals surface area contributed by atoms with E-state index in [0.29, 0.717) is 0 Å². The monoisotopic (exact) mass is 249 g/mol. The molecule has 2 N–H and O–H groups in total. The number of hydrogen-bond acceptors (Lipinski definition) is 2. The first-order valence-electron chi connectivity index (χ1n) is 6.61. The average Bonchev–Trinajstić information content (AvgIpc) is 2.38. The van der Waals surface area contributed by atoms with Crippen molar-refractivity contribution in [1.29, 1.82) is 0 Å². The fraction of sp³-hybridized carbons (Fsp3) is 0.533. The van der Waals surface area contributed by atoms with Crippen LogP contribution in [0.5, 0.6) is 0 Å². The molecule has 0 spiro atoms. The minimum absolute atomic E-state index is 0.233. The van der Waals surface area contributed by atoms with Crippen LogP contribution in [0.1, 0.15) is 45.6 Å². The van der Waals surface area contributed by atoms with Crippen LogP contribution in [0.2, 0.25) is 0 Å². The molecule has 0 saturated heterocycles. The Balaban J connectivity index is 2.97. The van der Waals surface area contributed by atoms with Gasteiger partial charge in [0, 0.05) is 6.04 Å². The van der Waals surface area contributed by atoms with Crippen molar-refractivity contribution in [2.45, 2.75) is 51.6 Å². The van der Waals surface area contributed by atoms with Crippen LogP contribution in [-0.4, -0.2) is 17.1 Å². The molecule has 3 nitrogen and oxygen atoms in total. The molecular weight excluding hydrogens is 226 g/mol. The predicted octanol–water partition coefficient (Wildman–Crippen LogP) is 3.15. The first-order valence-corrected chi connectivity index (χ1v) is 6.61. The summed E-state index contributed by atoms with van der Waals surface area (Å²) in [5, 5.41) is 12.8. The van der Waals surface area contributed by atoms with Crippen molar-refractivity contribution in [1.82, 2.24) is 5.32 Å². The Kier molecular flexibility index (Phi) is 5.35. The van der Waals surface area contributed by atoms with E-state index in [4.69, 9.17) is 0 Å². The Bertz CT molecular complexity index is 377. The topological polar surface area (TPSA) is 49.3 Å². The molecule has 0 bridgehead atoms. The van der Waals surface area contributed by atoms with Gasteiger partial charge in [-0.05, 0) is 25.3 Å². The summed E-state index contributed by atoms with van der Waals surface area (Å²) in [5.41, 5.74) is -0.219. The highest BCUT2D eigenvalue weighted by molar-refractivity contribution is 5.80. The maximum Gasteiger partial charge on any atom is 0.328 e. The first kappa shape index (κ1) is 14.7. The Hall–Kier alpha value is -1.35. The van der Waals surface area contributed by atoms with E-state index in [0.717, 1.165) is 24.8 Å². The van der Waals surface area contributed by atoms with Gasteiger partial charge in [-0.1, -0.05) is 50.6 Å². The van der Waals surface area contributed by atoms with Crippen molar-refractivity contribution < 1.29 is 9.90 Å². The quantitative estimate of drug-likeness (QED) is 0.780. The molecule has 2 unspecified atom stereocenters. The van der Waals surface area contributed by atoms with E-state index in [1.165, 1.54) is 0 Å². The summed E-state index contributed by atoms with van der Waals surface area (Å²) in [4.78, 5) is 11.6. The average molecular weight is 249 g/mol. The van der Waals surface area contributed by atoms with Crippen LogP contribution in [0.25, 0.3) is 0 Å². The van der Waals surface area contributed by atoms with Crippen molar-refractivity contribution >= 4 is 5.97 Å². The van der Waals surface area contributed by atoms with Gasteiger partial charge in [0.15, 0.2) is 0 Å². The number of carboxylic acid groups (broad SMARTS) is 1. The Morgan fingerprint density at radius 2 is 1.94 bits per heavy atom. The van der Waals surface area contributed by atoms with E-state index in [1.807, 2.05) is 30.3 Å². The van der Waals surface area contributed by atoms with Gasteiger partial charge in [-0.15, -0.1) is 0 Å². The van der Waals surface area contributed by atoms with Gasteiger partial charge in [0.05, 0.1) is 0 Å². The van der Waals surface area contributed by atoms with Gasteiger partial charge < -0.3 is 5.11 Å². The van der Waals surface area contributed by atoms with Crippen molar-refractivity contribution in [3.8, 4) is 0 Å². The summed E-state index contributed by atoms with van der Waals surface area (Å²) in [6.45, 7) is 5.94. The molecule has 0 amide bonds. The first-order chi connectivity index (χ1) is 8.54. The molecule has 0 radical (unpaired) electrons. The molecule has 1 aromatic rings. The number of aliphatic carboxylic acids is 1. The zero-order chi connectivity index (χ0) is 13.6. The molecule has 100 valence electrons. The zero-order valence-electron chi connectivity index (χ0n) is 11.4. The third-order valence-corrected chi connectivity index (χ3v) is 3.40. The highest BCUT2D eigenvalue weighted by atomic mass is 16.4. The van der Waals surface area contributed by atoms with Gasteiger partial charge in [-0.2, -0.15) is 0 Å². The number of carboxylic acids is 1. The van der Waals surface area contributed by atoms with Gasteiger partial charge in [0.2, 0.25) is 0 Å². The lowest BCUT2D eigenvalue weighted by Gasteiger charge is -2.31. The van der Waals surface area contributed by atoms with Crippen molar-refractivity contribution in [3.63, 3.8) is 0 Å². The lowest BCUT2D eigenvalue weighted by molar-refractivity contribution is -0.145. The Morgan fingerprint density at radius 3 is 2.39 bits per heavy atom. The highest BCUT2D eigenvalue weighted by Crippen LogP contribution is 2.23. The van der Waals surface area contributed by atoms with Crippen LogP contribution in [0, 0.1) is 0 Å². The Morgan fingerprint density at radius 1 is 1.33 bits per heavy atom. The van der Waals surface area contributed by atoms with E-state index < -0.39 is 11.5 Å². The molecule has 1 rings (SSSR count). The summed E-state index contributed by atoms with van der Waals surface area (Å²) in [5.74, 6) is -0.830. The molecule has 0 saturated carbocycles. The summed E-state index contributed by atoms with van der Waals surface area (Å²) >= 11 is 0. The predicted molar refractivity (Wildman–Crippen MR) is 73.6 cm³/mol. The number of nitrogens with one attached hydrogen (secondary N) is 1. The maximum absolute atomic E-state index is 11.6. The van der Waals surface area contributed by atoms with E-state index in [1.54, 1.807) is 6.92 Å². The lowest BCUT2D eigenvalue weighted by Crippen LogP contribution is -2.51. The van der Waals surface area contributed by atoms with Crippen molar-refractivity contribution in [3.05, 3.63) is 35.9 Å². The molecule has 18 heavy (non-hydrogen) atoms. The number of carbonyl (C=O) groups is 1. The minimum atomic E-state index is -1.02. The summed E-state index contributed by atoms with van der Waals surface area (Å²) in [7, 11) is 0. The van der Waals surface area contributed by atoms with Gasteiger partial charge in [-0.25, -0.2) is 4.79 Å². The van der Waals surface area contributed by atoms with Gasteiger partial charge >= 0.3 is 5.97 Å². The van der Waals surface area contributed by atoms with Crippen molar-refractivity contribution in [2.75, 3.05) is 0 Å². The van der Waals surface area contributed by atoms with E-state index in [9.17, 15) is 9.90 Å². The van der Waals surface area contributed by atoms with E-state index >= 15 is 0 Å². The second kappa shape index (κ2) is 6.55. The fourth-order valence-corrected chi connectivity index (χ4v) is 2.18. The fourth-order valence-electron chi connectivity index (χ4n) is 2.18. The lowest BCUT2D eigenvalue weighted by atomic mass is 9.90. The standard InChI is InChI=1S/C15H23NO2/c1-4-9-13(5-2)16-15(3,14(17)18)12-10-7-6-8-11-12/h6-8,10-11,13,16H,4-5,9H2,1-3H3,(H,17,18). The largest absolute Gasteiger partial charge is 0.480 e. The molecule has 0 aliphatic heterocycles. The summed E-state index contributed by atoms with van der Waals surface area (Å²) in [6.07, 6.45) is 2.98. The second-order valence-electron chi connectivity index (χ2n) is 4.83. The molecule has 3 heteroatoms. The van der Waals surface area contributed by atoms with Crippen LogP contribution in [0.15, 0.2) is 30.3 Å². The molecule has 0 aromatic heterocycles. The molecule has 0 fully saturated rings. The van der Waals surface area contributed by atoms with Gasteiger partial charge in [0.1, 0.15) is 5.54 Å². The van der Waals surface area contributed by atoms with Gasteiger partial charge in [-0.3, -0.25) is 5.32 Å². The molecular formula is C15H23NO2. The van der Waals surface area contributed by atoms with E-state index in [2.05, 4.69) is 19.2 Å². The smallest absolute Gasteiger partial charge is 0.328 e. The molecule has 0 aliphatic rings. The van der Waals surface area contributed by atoms with Crippen LogP contribution in [0.3, 0.4) is 0 Å². The number of hydrogen-bond donors (Lipinski definition) is 2. The maximum atomic E-state index is 11.6. The molecule has 0 aliphatic carbocycles. The normalized spacial score (nSPS) is 15.9. The van der Waals surface area contributed by atoms with E-state index in [-0.39, 0.29) is 6.04 Å². The summed E-state index contributed by atoms with van der Waals surface area (Å²) < 4.78 is 0. The van der Waals surface area contributed by atoms with Crippen LogP contribution >= 0.6 is 0 Å².